The zero-order valence-electron chi connectivity index (χ0n) is 11.7. The van der Waals surface area contributed by atoms with Crippen molar-refractivity contribution in [3.8, 4) is 0 Å². The van der Waals surface area contributed by atoms with Crippen molar-refractivity contribution in [3.05, 3.63) is 29.6 Å². The quantitative estimate of drug-likeness (QED) is 0.917. The minimum Gasteiger partial charge on any atom is -0.395 e. The average Bonchev–Trinajstić information content (AvgIpc) is 2.67. The molecule has 102 valence electrons. The second-order valence-electron chi connectivity index (χ2n) is 5.82. The van der Waals surface area contributed by atoms with E-state index in [1.165, 1.54) is 0 Å². The second-order valence-corrected chi connectivity index (χ2v) is 5.82. The summed E-state index contributed by atoms with van der Waals surface area (Å²) in [6.07, 6.45) is 0. The number of hydrogen-bond donors (Lipinski definition) is 1. The molecule has 19 heavy (non-hydrogen) atoms. The van der Waals surface area contributed by atoms with Crippen molar-refractivity contribution >= 4 is 11.0 Å². The molecule has 0 amide bonds. The first kappa shape index (κ1) is 12.6. The van der Waals surface area contributed by atoms with Crippen molar-refractivity contribution in [2.45, 2.75) is 25.2 Å². The lowest BCUT2D eigenvalue weighted by atomic mass is 9.79. The monoisotopic (exact) mass is 260 g/mol. The standard InChI is InChI=1S/C15H20N2O2/c1-10(2)14-16-12-5-4-11(6-13(12)17(14)3)15(7-18)8-19-9-15/h4-6,10,18H,7-9H2,1-3H3. The lowest BCUT2D eigenvalue weighted by Crippen LogP contribution is -2.49. The molecule has 1 aliphatic rings. The largest absolute Gasteiger partial charge is 0.395 e. The number of aryl methyl sites for hydroxylation is 1. The van der Waals surface area contributed by atoms with Crippen LogP contribution in [-0.4, -0.2) is 34.5 Å². The van der Waals surface area contributed by atoms with Crippen molar-refractivity contribution in [3.63, 3.8) is 0 Å². The Labute approximate surface area is 113 Å². The molecule has 3 rings (SSSR count). The number of rotatable bonds is 3. The van der Waals surface area contributed by atoms with Gasteiger partial charge < -0.3 is 14.4 Å². The Balaban J connectivity index is 2.13. The molecule has 0 spiro atoms. The average molecular weight is 260 g/mol. The maximum absolute atomic E-state index is 9.62. The highest BCUT2D eigenvalue weighted by Gasteiger charge is 2.40. The third-order valence-corrected chi connectivity index (χ3v) is 4.10. The molecule has 1 saturated heterocycles. The van der Waals surface area contributed by atoms with Crippen LogP contribution in [0.1, 0.15) is 31.2 Å². The van der Waals surface area contributed by atoms with Gasteiger partial charge in [-0.1, -0.05) is 19.9 Å². The van der Waals surface area contributed by atoms with Crippen LogP contribution in [0, 0.1) is 0 Å². The van der Waals surface area contributed by atoms with E-state index in [0.29, 0.717) is 19.1 Å². The van der Waals surface area contributed by atoms with Gasteiger partial charge in [0.15, 0.2) is 0 Å². The Morgan fingerprint density at radius 3 is 2.68 bits per heavy atom. The third kappa shape index (κ3) is 1.78. The molecule has 0 atom stereocenters. The Bertz CT molecular complexity index is 606. The van der Waals surface area contributed by atoms with Gasteiger partial charge in [0.1, 0.15) is 5.82 Å². The van der Waals surface area contributed by atoms with Gasteiger partial charge in [-0.25, -0.2) is 4.98 Å². The minimum atomic E-state index is -0.212. The van der Waals surface area contributed by atoms with E-state index in [1.54, 1.807) is 0 Å². The Hall–Kier alpha value is -1.39. The van der Waals surface area contributed by atoms with Gasteiger partial charge in [0.05, 0.1) is 36.3 Å². The molecule has 4 nitrogen and oxygen atoms in total. The van der Waals surface area contributed by atoms with E-state index < -0.39 is 0 Å². The van der Waals surface area contributed by atoms with Gasteiger partial charge in [0, 0.05) is 13.0 Å². The summed E-state index contributed by atoms with van der Waals surface area (Å²) in [6, 6.07) is 6.26. The predicted molar refractivity (Wildman–Crippen MR) is 74.4 cm³/mol. The zero-order chi connectivity index (χ0) is 13.6. The fraction of sp³-hybridized carbons (Fsp3) is 0.533. The number of benzene rings is 1. The van der Waals surface area contributed by atoms with Gasteiger partial charge in [0.2, 0.25) is 0 Å². The first-order valence-electron chi connectivity index (χ1n) is 6.73. The molecular weight excluding hydrogens is 240 g/mol. The SMILES string of the molecule is CC(C)c1nc2ccc(C3(CO)COC3)cc2n1C. The number of ether oxygens (including phenoxy) is 1. The first-order valence-corrected chi connectivity index (χ1v) is 6.73. The lowest BCUT2D eigenvalue weighted by molar-refractivity contribution is -0.0841. The van der Waals surface area contributed by atoms with Gasteiger partial charge in [0.25, 0.3) is 0 Å². The smallest absolute Gasteiger partial charge is 0.112 e. The first-order chi connectivity index (χ1) is 9.07. The van der Waals surface area contributed by atoms with Gasteiger partial charge in [-0.3, -0.25) is 0 Å². The van der Waals surface area contributed by atoms with E-state index in [-0.39, 0.29) is 12.0 Å². The van der Waals surface area contributed by atoms with E-state index in [2.05, 4.69) is 42.6 Å². The van der Waals surface area contributed by atoms with Crippen LogP contribution >= 0.6 is 0 Å². The normalized spacial score (nSPS) is 17.9. The molecule has 1 aromatic carbocycles. The Morgan fingerprint density at radius 2 is 2.16 bits per heavy atom. The predicted octanol–water partition coefficient (Wildman–Crippen LogP) is 1.96. The number of aliphatic hydroxyl groups excluding tert-OH is 1. The molecule has 4 heteroatoms. The van der Waals surface area contributed by atoms with Crippen LogP contribution in [0.5, 0.6) is 0 Å². The number of aromatic nitrogens is 2. The molecule has 0 saturated carbocycles. The maximum atomic E-state index is 9.62. The fourth-order valence-corrected chi connectivity index (χ4v) is 2.75. The molecule has 2 aromatic rings. The molecule has 1 N–H and O–H groups in total. The zero-order valence-corrected chi connectivity index (χ0v) is 11.7. The molecule has 1 aliphatic heterocycles. The van der Waals surface area contributed by atoms with Crippen LogP contribution in [0.25, 0.3) is 11.0 Å². The summed E-state index contributed by atoms with van der Waals surface area (Å²) in [4.78, 5) is 4.67. The molecule has 1 aromatic heterocycles. The van der Waals surface area contributed by atoms with Gasteiger partial charge in [-0.2, -0.15) is 0 Å². The number of aliphatic hydroxyl groups is 1. The molecular formula is C15H20N2O2. The minimum absolute atomic E-state index is 0.132. The van der Waals surface area contributed by atoms with E-state index in [4.69, 9.17) is 4.74 Å². The summed E-state index contributed by atoms with van der Waals surface area (Å²) in [5.74, 6) is 1.50. The number of imidazole rings is 1. The second kappa shape index (κ2) is 4.32. The topological polar surface area (TPSA) is 47.3 Å². The van der Waals surface area contributed by atoms with Crippen molar-refractivity contribution in [1.82, 2.24) is 9.55 Å². The van der Waals surface area contributed by atoms with Crippen LogP contribution in [0.15, 0.2) is 18.2 Å². The van der Waals surface area contributed by atoms with Crippen molar-refractivity contribution in [2.24, 2.45) is 7.05 Å². The van der Waals surface area contributed by atoms with Crippen LogP contribution < -0.4 is 0 Å². The molecule has 0 aliphatic carbocycles. The highest BCUT2D eigenvalue weighted by molar-refractivity contribution is 5.77. The maximum Gasteiger partial charge on any atom is 0.112 e. The number of nitrogens with zero attached hydrogens (tertiary/aromatic N) is 2. The summed E-state index contributed by atoms with van der Waals surface area (Å²) in [7, 11) is 2.05. The number of fused-ring (bicyclic) bond motifs is 1. The molecule has 0 bridgehead atoms. The number of hydrogen-bond acceptors (Lipinski definition) is 3. The molecule has 2 heterocycles. The molecule has 1 fully saturated rings. The lowest BCUT2D eigenvalue weighted by Gasteiger charge is -2.40. The summed E-state index contributed by atoms with van der Waals surface area (Å²) in [5.41, 5.74) is 3.08. The van der Waals surface area contributed by atoms with E-state index in [1.807, 2.05) is 6.07 Å². The third-order valence-electron chi connectivity index (χ3n) is 4.10. The summed E-state index contributed by atoms with van der Waals surface area (Å²) in [5, 5.41) is 9.62. The summed E-state index contributed by atoms with van der Waals surface area (Å²) >= 11 is 0. The highest BCUT2D eigenvalue weighted by Crippen LogP contribution is 2.34. The van der Waals surface area contributed by atoms with Crippen molar-refractivity contribution in [1.29, 1.82) is 0 Å². The van der Waals surface area contributed by atoms with Crippen LogP contribution in [0.2, 0.25) is 0 Å². The highest BCUT2D eigenvalue weighted by atomic mass is 16.5. The van der Waals surface area contributed by atoms with Crippen LogP contribution in [0.3, 0.4) is 0 Å². The van der Waals surface area contributed by atoms with E-state index in [0.717, 1.165) is 22.4 Å². The van der Waals surface area contributed by atoms with Crippen LogP contribution in [-0.2, 0) is 17.2 Å². The van der Waals surface area contributed by atoms with Crippen LogP contribution in [0.4, 0.5) is 0 Å². The van der Waals surface area contributed by atoms with Gasteiger partial charge in [-0.05, 0) is 17.7 Å². The molecule has 0 unspecified atom stereocenters. The molecule has 0 radical (unpaired) electrons. The van der Waals surface area contributed by atoms with E-state index >= 15 is 0 Å². The van der Waals surface area contributed by atoms with Gasteiger partial charge in [-0.15, -0.1) is 0 Å². The Morgan fingerprint density at radius 1 is 1.42 bits per heavy atom. The summed E-state index contributed by atoms with van der Waals surface area (Å²) in [6.45, 7) is 5.63. The van der Waals surface area contributed by atoms with Crippen molar-refractivity contribution < 1.29 is 9.84 Å². The van der Waals surface area contributed by atoms with Crippen molar-refractivity contribution in [2.75, 3.05) is 19.8 Å². The Kier molecular flexibility index (Phi) is 2.87. The fourth-order valence-electron chi connectivity index (χ4n) is 2.75. The van der Waals surface area contributed by atoms with Gasteiger partial charge >= 0.3 is 0 Å². The van der Waals surface area contributed by atoms with E-state index in [9.17, 15) is 5.11 Å². The summed E-state index contributed by atoms with van der Waals surface area (Å²) < 4.78 is 7.43.